The van der Waals surface area contributed by atoms with Gasteiger partial charge in [0.2, 0.25) is 0 Å². The number of nitrogens with two attached hydrogens (primary N) is 1. The van der Waals surface area contributed by atoms with Gasteiger partial charge in [-0.2, -0.15) is 0 Å². The summed E-state index contributed by atoms with van der Waals surface area (Å²) in [6, 6.07) is 0. The van der Waals surface area contributed by atoms with E-state index < -0.39 is 0 Å². The molecule has 0 saturated carbocycles. The van der Waals surface area contributed by atoms with Gasteiger partial charge in [0, 0.05) is 17.6 Å². The number of rotatable bonds is 6. The SMILES string of the molecule is Cc1ncc(CNC(=O)c2sc(NCC(C)C)nc2N)s1. The third-order valence-electron chi connectivity index (χ3n) is 2.61. The topological polar surface area (TPSA) is 92.9 Å². The van der Waals surface area contributed by atoms with Crippen LogP contribution in [0.4, 0.5) is 10.9 Å². The lowest BCUT2D eigenvalue weighted by Gasteiger charge is -2.04. The van der Waals surface area contributed by atoms with Crippen LogP contribution in [-0.4, -0.2) is 22.4 Å². The lowest BCUT2D eigenvalue weighted by Crippen LogP contribution is -2.22. The van der Waals surface area contributed by atoms with Gasteiger partial charge in [-0.15, -0.1) is 11.3 Å². The first-order chi connectivity index (χ1) is 9.95. The Morgan fingerprint density at radius 3 is 2.81 bits per heavy atom. The number of nitrogens with one attached hydrogen (secondary N) is 2. The summed E-state index contributed by atoms with van der Waals surface area (Å²) < 4.78 is 0. The quantitative estimate of drug-likeness (QED) is 0.759. The number of carbonyl (C=O) groups is 1. The van der Waals surface area contributed by atoms with Crippen LogP contribution in [0.2, 0.25) is 0 Å². The fourth-order valence-electron chi connectivity index (χ4n) is 1.60. The van der Waals surface area contributed by atoms with Crippen LogP contribution in [0, 0.1) is 12.8 Å². The first kappa shape index (κ1) is 15.7. The van der Waals surface area contributed by atoms with Crippen LogP contribution in [0.25, 0.3) is 0 Å². The fourth-order valence-corrected chi connectivity index (χ4v) is 3.14. The molecule has 0 atom stereocenters. The summed E-state index contributed by atoms with van der Waals surface area (Å²) in [5.41, 5.74) is 5.81. The van der Waals surface area contributed by atoms with E-state index in [1.54, 1.807) is 17.5 Å². The number of nitrogen functional groups attached to an aromatic ring is 1. The normalized spacial score (nSPS) is 10.9. The van der Waals surface area contributed by atoms with Crippen molar-refractivity contribution < 1.29 is 4.79 Å². The summed E-state index contributed by atoms with van der Waals surface area (Å²) >= 11 is 2.84. The van der Waals surface area contributed by atoms with Gasteiger partial charge in [0.25, 0.3) is 5.91 Å². The van der Waals surface area contributed by atoms with Gasteiger partial charge in [0.15, 0.2) is 5.13 Å². The summed E-state index contributed by atoms with van der Waals surface area (Å²) in [6.07, 6.45) is 1.77. The first-order valence-electron chi connectivity index (χ1n) is 6.65. The lowest BCUT2D eigenvalue weighted by atomic mass is 10.2. The van der Waals surface area contributed by atoms with Gasteiger partial charge in [-0.25, -0.2) is 9.97 Å². The molecule has 8 heteroatoms. The Morgan fingerprint density at radius 1 is 1.43 bits per heavy atom. The number of amides is 1. The minimum atomic E-state index is -0.200. The molecule has 0 aliphatic heterocycles. The maximum atomic E-state index is 12.1. The summed E-state index contributed by atoms with van der Waals surface area (Å²) in [7, 11) is 0. The van der Waals surface area contributed by atoms with Crippen molar-refractivity contribution in [2.45, 2.75) is 27.3 Å². The van der Waals surface area contributed by atoms with Gasteiger partial charge in [-0.3, -0.25) is 4.79 Å². The number of nitrogens with zero attached hydrogens (tertiary/aromatic N) is 2. The third kappa shape index (κ3) is 4.40. The van der Waals surface area contributed by atoms with Crippen molar-refractivity contribution in [2.75, 3.05) is 17.6 Å². The van der Waals surface area contributed by atoms with E-state index in [-0.39, 0.29) is 11.7 Å². The Balaban J connectivity index is 1.95. The zero-order valence-electron chi connectivity index (χ0n) is 12.3. The minimum Gasteiger partial charge on any atom is -0.382 e. The van der Waals surface area contributed by atoms with E-state index in [1.807, 2.05) is 6.92 Å². The number of thiazole rings is 2. The maximum absolute atomic E-state index is 12.1. The second kappa shape index (κ2) is 6.86. The second-order valence-corrected chi connectivity index (χ2v) is 7.35. The van der Waals surface area contributed by atoms with Gasteiger partial charge in [-0.05, 0) is 12.8 Å². The molecule has 114 valence electrons. The molecule has 0 aliphatic rings. The third-order valence-corrected chi connectivity index (χ3v) is 4.55. The van der Waals surface area contributed by atoms with Crippen molar-refractivity contribution in [3.63, 3.8) is 0 Å². The molecule has 21 heavy (non-hydrogen) atoms. The summed E-state index contributed by atoms with van der Waals surface area (Å²) in [5, 5.41) is 7.68. The van der Waals surface area contributed by atoms with Crippen molar-refractivity contribution in [3.05, 3.63) is 21.0 Å². The predicted octanol–water partition coefficient (Wildman–Crippen LogP) is 2.49. The van der Waals surface area contributed by atoms with Gasteiger partial charge in [0.1, 0.15) is 10.7 Å². The summed E-state index contributed by atoms with van der Waals surface area (Å²) in [6.45, 7) is 7.40. The number of aromatic nitrogens is 2. The van der Waals surface area contributed by atoms with Gasteiger partial charge >= 0.3 is 0 Å². The summed E-state index contributed by atoms with van der Waals surface area (Å²) in [4.78, 5) is 21.9. The van der Waals surface area contributed by atoms with E-state index in [0.717, 1.165) is 16.4 Å². The Kier molecular flexibility index (Phi) is 5.13. The van der Waals surface area contributed by atoms with Gasteiger partial charge < -0.3 is 16.4 Å². The number of hydrogen-bond donors (Lipinski definition) is 3. The van der Waals surface area contributed by atoms with E-state index in [2.05, 4.69) is 34.4 Å². The van der Waals surface area contributed by atoms with Crippen LogP contribution in [0.1, 0.15) is 33.4 Å². The van der Waals surface area contributed by atoms with Crippen molar-refractivity contribution in [1.82, 2.24) is 15.3 Å². The highest BCUT2D eigenvalue weighted by molar-refractivity contribution is 7.18. The van der Waals surface area contributed by atoms with E-state index in [4.69, 9.17) is 5.73 Å². The first-order valence-corrected chi connectivity index (χ1v) is 8.28. The molecule has 2 aromatic rings. The van der Waals surface area contributed by atoms with E-state index in [1.165, 1.54) is 11.3 Å². The number of anilines is 2. The van der Waals surface area contributed by atoms with Crippen LogP contribution in [0.15, 0.2) is 6.20 Å². The van der Waals surface area contributed by atoms with Gasteiger partial charge in [-0.1, -0.05) is 25.2 Å². The predicted molar refractivity (Wildman–Crippen MR) is 87.9 cm³/mol. The smallest absolute Gasteiger partial charge is 0.265 e. The van der Waals surface area contributed by atoms with Crippen LogP contribution in [-0.2, 0) is 6.54 Å². The molecule has 0 saturated heterocycles. The average molecular weight is 325 g/mol. The van der Waals surface area contributed by atoms with Crippen LogP contribution in [0.5, 0.6) is 0 Å². The number of carbonyl (C=O) groups excluding carboxylic acids is 1. The maximum Gasteiger partial charge on any atom is 0.265 e. The van der Waals surface area contributed by atoms with E-state index in [9.17, 15) is 4.79 Å². The molecule has 0 aliphatic carbocycles. The van der Waals surface area contributed by atoms with Crippen LogP contribution >= 0.6 is 22.7 Å². The molecular formula is C13H19N5OS2. The van der Waals surface area contributed by atoms with Gasteiger partial charge in [0.05, 0.1) is 11.6 Å². The Bertz CT molecular complexity index is 620. The Hall–Kier alpha value is -1.67. The zero-order chi connectivity index (χ0) is 15.4. The van der Waals surface area contributed by atoms with Crippen LogP contribution in [0.3, 0.4) is 0 Å². The minimum absolute atomic E-state index is 0.200. The molecule has 0 spiro atoms. The number of aryl methyl sites for hydroxylation is 1. The Morgan fingerprint density at radius 2 is 2.19 bits per heavy atom. The zero-order valence-corrected chi connectivity index (χ0v) is 13.9. The van der Waals surface area contributed by atoms with E-state index >= 15 is 0 Å². The Labute approximate surface area is 131 Å². The highest BCUT2D eigenvalue weighted by Gasteiger charge is 2.16. The molecule has 2 aromatic heterocycles. The van der Waals surface area contributed by atoms with Crippen molar-refractivity contribution in [1.29, 1.82) is 0 Å². The molecule has 0 unspecified atom stereocenters. The summed E-state index contributed by atoms with van der Waals surface area (Å²) in [5.74, 6) is 0.569. The molecule has 0 bridgehead atoms. The second-order valence-electron chi connectivity index (χ2n) is 5.04. The fraction of sp³-hybridized carbons (Fsp3) is 0.462. The number of hydrogen-bond acceptors (Lipinski definition) is 7. The molecule has 4 N–H and O–H groups in total. The molecule has 0 radical (unpaired) electrons. The monoisotopic (exact) mass is 325 g/mol. The molecule has 6 nitrogen and oxygen atoms in total. The molecule has 0 aromatic carbocycles. The molecule has 1 amide bonds. The molecule has 2 heterocycles. The lowest BCUT2D eigenvalue weighted by molar-refractivity contribution is 0.0956. The largest absolute Gasteiger partial charge is 0.382 e. The molecular weight excluding hydrogens is 306 g/mol. The van der Waals surface area contributed by atoms with Crippen molar-refractivity contribution >= 4 is 39.5 Å². The average Bonchev–Trinajstić information content (AvgIpc) is 3.00. The van der Waals surface area contributed by atoms with Crippen molar-refractivity contribution in [3.8, 4) is 0 Å². The highest BCUT2D eigenvalue weighted by Crippen LogP contribution is 2.25. The van der Waals surface area contributed by atoms with Crippen LogP contribution < -0.4 is 16.4 Å². The molecule has 2 rings (SSSR count). The standard InChI is InChI=1S/C13H19N5OS2/c1-7(2)4-17-13-18-11(14)10(21-13)12(19)16-6-9-5-15-8(3)20-9/h5,7H,4,6,14H2,1-3H3,(H,16,19)(H,17,18). The highest BCUT2D eigenvalue weighted by atomic mass is 32.1. The van der Waals surface area contributed by atoms with E-state index in [0.29, 0.717) is 22.5 Å². The molecule has 0 fully saturated rings. The van der Waals surface area contributed by atoms with Crippen molar-refractivity contribution in [2.24, 2.45) is 5.92 Å².